The lowest BCUT2D eigenvalue weighted by molar-refractivity contribution is -0.118. The Hall–Kier alpha value is -1.61. The van der Waals surface area contributed by atoms with E-state index in [1.54, 1.807) is 6.92 Å². The van der Waals surface area contributed by atoms with Crippen molar-refractivity contribution in [1.29, 1.82) is 0 Å². The molecule has 5 N–H and O–H groups in total. The molecule has 0 aromatic carbocycles. The highest BCUT2D eigenvalue weighted by Gasteiger charge is 2.28. The highest BCUT2D eigenvalue weighted by molar-refractivity contribution is 7.85. The van der Waals surface area contributed by atoms with E-state index in [0.717, 1.165) is 12.5 Å². The average molecular weight is 276 g/mol. The molecule has 1 heterocycles. The van der Waals surface area contributed by atoms with Crippen molar-refractivity contribution >= 4 is 21.9 Å². The maximum Gasteiger partial charge on any atom is 0.264 e. The first-order valence-electron chi connectivity index (χ1n) is 5.15. The van der Waals surface area contributed by atoms with Crippen LogP contribution in [0.25, 0.3) is 0 Å². The molecule has 2 atom stereocenters. The lowest BCUT2D eigenvalue weighted by Gasteiger charge is -2.26. The van der Waals surface area contributed by atoms with Crippen LogP contribution in [0.3, 0.4) is 0 Å². The fraction of sp³-hybridized carbons (Fsp3) is 0.556. The van der Waals surface area contributed by atoms with Crippen LogP contribution < -0.4 is 16.8 Å². The Labute approximate surface area is 105 Å². The Morgan fingerprint density at radius 3 is 2.67 bits per heavy atom. The largest absolute Gasteiger partial charge is 0.404 e. The molecular formula is C9H16N4O4S. The van der Waals surface area contributed by atoms with Crippen LogP contribution in [0, 0.1) is 5.92 Å². The van der Waals surface area contributed by atoms with E-state index in [2.05, 4.69) is 14.5 Å². The molecular weight excluding hydrogens is 260 g/mol. The Kier molecular flexibility index (Phi) is 4.30. The molecule has 8 nitrogen and oxygen atoms in total. The van der Waals surface area contributed by atoms with Crippen molar-refractivity contribution < 1.29 is 17.4 Å². The standard InChI is InChI=1S/C9H16N4O4S/c1-5(4-17-18(2,15)16)8-12-7(11)6(3-10)9(14)13-8/h3,5,8H,4,10H2,1-2H3,(H2,11,12)(H,13,14)/t5-,8?/m1/s1. The van der Waals surface area contributed by atoms with Crippen LogP contribution in [0.1, 0.15) is 6.92 Å². The van der Waals surface area contributed by atoms with E-state index >= 15 is 0 Å². The molecule has 0 fully saturated rings. The summed E-state index contributed by atoms with van der Waals surface area (Å²) >= 11 is 0. The van der Waals surface area contributed by atoms with E-state index < -0.39 is 22.2 Å². The van der Waals surface area contributed by atoms with Gasteiger partial charge in [-0.05, 0) is 0 Å². The third kappa shape index (κ3) is 3.70. The molecule has 0 aromatic heterocycles. The zero-order valence-corrected chi connectivity index (χ0v) is 10.9. The number of nitrogens with two attached hydrogens (primary N) is 2. The van der Waals surface area contributed by atoms with Gasteiger partial charge in [-0.25, -0.2) is 4.99 Å². The van der Waals surface area contributed by atoms with E-state index in [0.29, 0.717) is 0 Å². The van der Waals surface area contributed by atoms with Crippen molar-refractivity contribution in [3.63, 3.8) is 0 Å². The topological polar surface area (TPSA) is 137 Å². The van der Waals surface area contributed by atoms with Gasteiger partial charge < -0.3 is 16.8 Å². The summed E-state index contributed by atoms with van der Waals surface area (Å²) in [4.78, 5) is 15.6. The molecule has 1 unspecified atom stereocenters. The second-order valence-electron chi connectivity index (χ2n) is 3.98. The van der Waals surface area contributed by atoms with E-state index in [4.69, 9.17) is 11.5 Å². The van der Waals surface area contributed by atoms with Crippen LogP contribution in [0.5, 0.6) is 0 Å². The van der Waals surface area contributed by atoms with Gasteiger partial charge in [0.15, 0.2) is 0 Å². The van der Waals surface area contributed by atoms with Crippen LogP contribution in [-0.4, -0.2) is 39.2 Å². The summed E-state index contributed by atoms with van der Waals surface area (Å²) < 4.78 is 26.3. The third-order valence-corrected chi connectivity index (χ3v) is 2.89. The summed E-state index contributed by atoms with van der Waals surface area (Å²) in [5, 5.41) is 2.55. The fourth-order valence-corrected chi connectivity index (χ4v) is 1.79. The maximum atomic E-state index is 11.6. The third-order valence-electron chi connectivity index (χ3n) is 2.33. The van der Waals surface area contributed by atoms with E-state index in [9.17, 15) is 13.2 Å². The van der Waals surface area contributed by atoms with Crippen molar-refractivity contribution in [3.05, 3.63) is 11.8 Å². The molecule has 1 aliphatic rings. The molecule has 0 aromatic rings. The highest BCUT2D eigenvalue weighted by atomic mass is 32.2. The van der Waals surface area contributed by atoms with Gasteiger partial charge >= 0.3 is 0 Å². The van der Waals surface area contributed by atoms with Crippen molar-refractivity contribution in [2.45, 2.75) is 13.1 Å². The molecule has 0 bridgehead atoms. The molecule has 1 rings (SSSR count). The van der Waals surface area contributed by atoms with Crippen molar-refractivity contribution in [2.24, 2.45) is 22.4 Å². The highest BCUT2D eigenvalue weighted by Crippen LogP contribution is 2.12. The van der Waals surface area contributed by atoms with Gasteiger partial charge in [0.2, 0.25) is 0 Å². The summed E-state index contributed by atoms with van der Waals surface area (Å²) in [5.41, 5.74) is 10.9. The Bertz CT molecular complexity index is 497. The summed E-state index contributed by atoms with van der Waals surface area (Å²) in [6, 6.07) is 0. The zero-order valence-electron chi connectivity index (χ0n) is 10.1. The first kappa shape index (κ1) is 14.5. The lowest BCUT2D eigenvalue weighted by atomic mass is 10.1. The number of aliphatic imine (C=N–C) groups is 1. The smallest absolute Gasteiger partial charge is 0.264 e. The monoisotopic (exact) mass is 276 g/mol. The first-order chi connectivity index (χ1) is 8.24. The molecule has 9 heteroatoms. The maximum absolute atomic E-state index is 11.6. The van der Waals surface area contributed by atoms with Gasteiger partial charge in [-0.1, -0.05) is 6.92 Å². The Morgan fingerprint density at radius 1 is 1.61 bits per heavy atom. The van der Waals surface area contributed by atoms with Gasteiger partial charge in [-0.2, -0.15) is 8.42 Å². The Morgan fingerprint density at radius 2 is 2.22 bits per heavy atom. The lowest BCUT2D eigenvalue weighted by Crippen LogP contribution is -2.48. The Balaban J connectivity index is 2.75. The molecule has 0 radical (unpaired) electrons. The van der Waals surface area contributed by atoms with Crippen molar-refractivity contribution in [1.82, 2.24) is 5.32 Å². The number of amidine groups is 1. The van der Waals surface area contributed by atoms with Crippen LogP contribution in [0.4, 0.5) is 0 Å². The van der Waals surface area contributed by atoms with Gasteiger partial charge in [-0.15, -0.1) is 0 Å². The molecule has 0 spiro atoms. The van der Waals surface area contributed by atoms with Gasteiger partial charge in [0.1, 0.15) is 12.0 Å². The summed E-state index contributed by atoms with van der Waals surface area (Å²) in [7, 11) is -3.52. The van der Waals surface area contributed by atoms with Crippen molar-refractivity contribution in [3.8, 4) is 0 Å². The van der Waals surface area contributed by atoms with Gasteiger partial charge in [0.25, 0.3) is 16.0 Å². The minimum absolute atomic E-state index is 0.0254. The van der Waals surface area contributed by atoms with E-state index in [1.807, 2.05) is 0 Å². The minimum Gasteiger partial charge on any atom is -0.404 e. The summed E-state index contributed by atoms with van der Waals surface area (Å²) in [5.74, 6) is -0.764. The quantitative estimate of drug-likeness (QED) is 0.411. The molecule has 0 aliphatic carbocycles. The predicted molar refractivity (Wildman–Crippen MR) is 65.8 cm³/mol. The van der Waals surface area contributed by atoms with Crippen LogP contribution in [0.2, 0.25) is 0 Å². The predicted octanol–water partition coefficient (Wildman–Crippen LogP) is -1.75. The molecule has 1 aliphatic heterocycles. The fourth-order valence-electron chi connectivity index (χ4n) is 1.33. The van der Waals surface area contributed by atoms with Gasteiger partial charge in [0, 0.05) is 12.1 Å². The summed E-state index contributed by atoms with van der Waals surface area (Å²) in [6.07, 6.45) is 1.39. The molecule has 0 saturated heterocycles. The number of hydrogen-bond donors (Lipinski definition) is 3. The second kappa shape index (κ2) is 5.36. The first-order valence-corrected chi connectivity index (χ1v) is 6.97. The molecule has 0 saturated carbocycles. The minimum atomic E-state index is -3.52. The second-order valence-corrected chi connectivity index (χ2v) is 5.62. The average Bonchev–Trinajstić information content (AvgIpc) is 2.24. The van der Waals surface area contributed by atoms with Crippen LogP contribution >= 0.6 is 0 Å². The zero-order chi connectivity index (χ0) is 13.9. The van der Waals surface area contributed by atoms with Crippen molar-refractivity contribution in [2.75, 3.05) is 12.9 Å². The van der Waals surface area contributed by atoms with E-state index in [1.165, 1.54) is 0 Å². The van der Waals surface area contributed by atoms with Crippen LogP contribution in [0.15, 0.2) is 16.8 Å². The molecule has 1 amide bonds. The van der Waals surface area contributed by atoms with E-state index in [-0.39, 0.29) is 23.9 Å². The number of carbonyl (C=O) groups excluding carboxylic acids is 1. The number of rotatable bonds is 4. The number of hydrogen-bond acceptors (Lipinski definition) is 7. The number of amides is 1. The van der Waals surface area contributed by atoms with Gasteiger partial charge in [-0.3, -0.25) is 8.98 Å². The normalized spacial score (nSPS) is 24.6. The van der Waals surface area contributed by atoms with Gasteiger partial charge in [0.05, 0.1) is 18.4 Å². The number of carbonyl (C=O) groups is 1. The number of nitrogens with zero attached hydrogens (tertiary/aromatic N) is 1. The number of nitrogens with one attached hydrogen (secondary N) is 1. The SMILES string of the molecule is C[C@H](COS(C)(=O)=O)C1N=C(N)C(=CN)C(=O)N1. The summed E-state index contributed by atoms with van der Waals surface area (Å²) in [6.45, 7) is 1.59. The molecule has 102 valence electrons. The van der Waals surface area contributed by atoms with Crippen LogP contribution in [-0.2, 0) is 19.1 Å². The molecule has 18 heavy (non-hydrogen) atoms.